The minimum absolute atomic E-state index is 0.103. The fourth-order valence-corrected chi connectivity index (χ4v) is 0.716. The summed E-state index contributed by atoms with van der Waals surface area (Å²) in [4.78, 5) is 10.3. The minimum Gasteiger partial charge on any atom is -0.478 e. The molecule has 2 N–H and O–H groups in total. The second-order valence-electron chi connectivity index (χ2n) is 1.99. The molecule has 0 amide bonds. The SMILES string of the molecule is [O]Nc1cccc(C(=O)O)c1. The van der Waals surface area contributed by atoms with Crippen LogP contribution in [0.15, 0.2) is 24.3 Å². The molecule has 0 bridgehead atoms. The average molecular weight is 152 g/mol. The highest BCUT2D eigenvalue weighted by molar-refractivity contribution is 5.88. The van der Waals surface area contributed by atoms with Crippen LogP contribution in [0.2, 0.25) is 0 Å². The number of hydrogen-bond donors (Lipinski definition) is 2. The first-order chi connectivity index (χ1) is 5.24. The molecule has 0 aliphatic carbocycles. The monoisotopic (exact) mass is 152 g/mol. The molecule has 0 saturated carbocycles. The van der Waals surface area contributed by atoms with E-state index in [1.54, 1.807) is 5.48 Å². The molecule has 1 aromatic rings. The number of carboxylic acids is 1. The van der Waals surface area contributed by atoms with Gasteiger partial charge in [0.2, 0.25) is 0 Å². The zero-order valence-corrected chi connectivity index (χ0v) is 5.57. The van der Waals surface area contributed by atoms with Crippen LogP contribution in [0.25, 0.3) is 0 Å². The van der Waals surface area contributed by atoms with Crippen LogP contribution in [0.4, 0.5) is 5.69 Å². The van der Waals surface area contributed by atoms with Gasteiger partial charge in [-0.05, 0) is 18.2 Å². The Hall–Kier alpha value is -1.55. The van der Waals surface area contributed by atoms with Crippen LogP contribution in [0.1, 0.15) is 10.4 Å². The smallest absolute Gasteiger partial charge is 0.335 e. The average Bonchev–Trinajstić information content (AvgIpc) is 2.05. The molecule has 4 nitrogen and oxygen atoms in total. The highest BCUT2D eigenvalue weighted by atomic mass is 16.5. The summed E-state index contributed by atoms with van der Waals surface area (Å²) < 4.78 is 0. The van der Waals surface area contributed by atoms with Gasteiger partial charge in [0.1, 0.15) is 0 Å². The first kappa shape index (κ1) is 7.56. The largest absolute Gasteiger partial charge is 0.478 e. The third kappa shape index (κ3) is 1.68. The Balaban J connectivity index is 3.01. The van der Waals surface area contributed by atoms with Crippen LogP contribution in [0.5, 0.6) is 0 Å². The van der Waals surface area contributed by atoms with E-state index in [1.165, 1.54) is 24.3 Å². The molecule has 0 fully saturated rings. The van der Waals surface area contributed by atoms with Gasteiger partial charge < -0.3 is 5.11 Å². The third-order valence-corrected chi connectivity index (χ3v) is 1.23. The maximum Gasteiger partial charge on any atom is 0.335 e. The molecule has 0 atom stereocenters. The minimum atomic E-state index is -1.04. The van der Waals surface area contributed by atoms with Gasteiger partial charge in [0.05, 0.1) is 11.3 Å². The van der Waals surface area contributed by atoms with E-state index < -0.39 is 5.97 Å². The van der Waals surface area contributed by atoms with Crippen LogP contribution in [0, 0.1) is 0 Å². The number of nitrogens with one attached hydrogen (secondary N) is 1. The molecule has 1 aromatic carbocycles. The van der Waals surface area contributed by atoms with E-state index in [1.807, 2.05) is 0 Å². The van der Waals surface area contributed by atoms with E-state index >= 15 is 0 Å². The second kappa shape index (κ2) is 3.03. The van der Waals surface area contributed by atoms with Crippen LogP contribution in [-0.2, 0) is 5.21 Å². The number of hydrogen-bond acceptors (Lipinski definition) is 2. The van der Waals surface area contributed by atoms with Crippen molar-refractivity contribution in [3.63, 3.8) is 0 Å². The molecule has 0 saturated heterocycles. The van der Waals surface area contributed by atoms with E-state index in [0.717, 1.165) is 0 Å². The number of rotatable bonds is 2. The lowest BCUT2D eigenvalue weighted by Crippen LogP contribution is -1.96. The fourth-order valence-electron chi connectivity index (χ4n) is 0.716. The summed E-state index contributed by atoms with van der Waals surface area (Å²) in [5, 5.41) is 18.5. The maximum atomic E-state index is 10.3. The van der Waals surface area contributed by atoms with Crippen molar-refractivity contribution in [3.05, 3.63) is 29.8 Å². The summed E-state index contributed by atoms with van der Waals surface area (Å²) in [6.45, 7) is 0. The third-order valence-electron chi connectivity index (χ3n) is 1.23. The zero-order chi connectivity index (χ0) is 8.27. The Kier molecular flexibility index (Phi) is 2.08. The molecule has 1 rings (SSSR count). The number of aromatic carboxylic acids is 1. The number of benzene rings is 1. The van der Waals surface area contributed by atoms with Gasteiger partial charge in [0.15, 0.2) is 0 Å². The Morgan fingerprint density at radius 1 is 1.45 bits per heavy atom. The van der Waals surface area contributed by atoms with Crippen molar-refractivity contribution in [2.75, 3.05) is 5.48 Å². The van der Waals surface area contributed by atoms with Gasteiger partial charge in [-0.2, -0.15) is 0 Å². The summed E-state index contributed by atoms with van der Waals surface area (Å²) in [7, 11) is 0. The van der Waals surface area contributed by atoms with E-state index in [4.69, 9.17) is 5.11 Å². The number of carbonyl (C=O) groups is 1. The van der Waals surface area contributed by atoms with Gasteiger partial charge in [0.25, 0.3) is 0 Å². The molecular weight excluding hydrogens is 146 g/mol. The second-order valence-corrected chi connectivity index (χ2v) is 1.99. The van der Waals surface area contributed by atoms with Crippen LogP contribution in [0.3, 0.4) is 0 Å². The van der Waals surface area contributed by atoms with E-state index in [0.29, 0.717) is 0 Å². The number of carboxylic acid groups (broad SMARTS) is 1. The summed E-state index contributed by atoms with van der Waals surface area (Å²) in [6, 6.07) is 5.70. The molecule has 11 heavy (non-hydrogen) atoms. The first-order valence-corrected chi connectivity index (χ1v) is 2.95. The molecule has 1 radical (unpaired) electrons. The fraction of sp³-hybridized carbons (Fsp3) is 0. The normalized spacial score (nSPS) is 9.18. The molecule has 0 heterocycles. The van der Waals surface area contributed by atoms with Crippen molar-refractivity contribution in [2.45, 2.75) is 0 Å². The topological polar surface area (TPSA) is 69.2 Å². The maximum absolute atomic E-state index is 10.3. The lowest BCUT2D eigenvalue weighted by atomic mass is 10.2. The Morgan fingerprint density at radius 3 is 2.73 bits per heavy atom. The molecule has 4 heteroatoms. The van der Waals surface area contributed by atoms with E-state index in [9.17, 15) is 10.0 Å². The molecule has 0 aliphatic rings. The predicted octanol–water partition coefficient (Wildman–Crippen LogP) is 1.14. The lowest BCUT2D eigenvalue weighted by molar-refractivity contribution is 0.0697. The van der Waals surface area contributed by atoms with Crippen molar-refractivity contribution in [3.8, 4) is 0 Å². The van der Waals surface area contributed by atoms with Crippen molar-refractivity contribution in [2.24, 2.45) is 0 Å². The zero-order valence-electron chi connectivity index (χ0n) is 5.57. The predicted molar refractivity (Wildman–Crippen MR) is 37.7 cm³/mol. The summed E-state index contributed by atoms with van der Waals surface area (Å²) in [6.07, 6.45) is 0. The standard InChI is InChI=1S/C7H6NO3/c9-7(10)5-2-1-3-6(4-5)8-11/h1-4,8H,(H,9,10). The molecule has 0 aliphatic heterocycles. The number of anilines is 1. The van der Waals surface area contributed by atoms with Gasteiger partial charge in [-0.25, -0.2) is 10.3 Å². The van der Waals surface area contributed by atoms with Crippen molar-refractivity contribution >= 4 is 11.7 Å². The molecule has 0 spiro atoms. The first-order valence-electron chi connectivity index (χ1n) is 2.95. The van der Waals surface area contributed by atoms with Crippen molar-refractivity contribution in [1.82, 2.24) is 0 Å². The van der Waals surface area contributed by atoms with Gasteiger partial charge >= 0.3 is 5.97 Å². The summed E-state index contributed by atoms with van der Waals surface area (Å²) >= 11 is 0. The van der Waals surface area contributed by atoms with E-state index in [2.05, 4.69) is 0 Å². The molecular formula is C7H6NO3. The molecule has 0 aromatic heterocycles. The molecule has 57 valence electrons. The summed E-state index contributed by atoms with van der Waals surface area (Å²) in [5.41, 5.74) is 1.97. The Morgan fingerprint density at radius 2 is 2.18 bits per heavy atom. The van der Waals surface area contributed by atoms with Gasteiger partial charge in [-0.15, -0.1) is 0 Å². The highest BCUT2D eigenvalue weighted by Gasteiger charge is 2.01. The van der Waals surface area contributed by atoms with Crippen molar-refractivity contribution < 1.29 is 15.1 Å². The molecule has 0 unspecified atom stereocenters. The summed E-state index contributed by atoms with van der Waals surface area (Å²) in [5.74, 6) is -1.04. The van der Waals surface area contributed by atoms with Gasteiger partial charge in [0, 0.05) is 0 Å². The Labute approximate surface area is 63.1 Å². The van der Waals surface area contributed by atoms with Crippen LogP contribution in [-0.4, -0.2) is 11.1 Å². The quantitative estimate of drug-likeness (QED) is 0.624. The van der Waals surface area contributed by atoms with E-state index in [-0.39, 0.29) is 11.3 Å². The van der Waals surface area contributed by atoms with Gasteiger partial charge in [-0.3, -0.25) is 0 Å². The highest BCUT2D eigenvalue weighted by Crippen LogP contribution is 2.08. The lowest BCUT2D eigenvalue weighted by Gasteiger charge is -1.96. The Bertz CT molecular complexity index is 272. The van der Waals surface area contributed by atoms with Crippen LogP contribution < -0.4 is 5.48 Å². The van der Waals surface area contributed by atoms with Crippen molar-refractivity contribution in [1.29, 1.82) is 0 Å². The van der Waals surface area contributed by atoms with Gasteiger partial charge in [-0.1, -0.05) is 11.3 Å². The van der Waals surface area contributed by atoms with Crippen LogP contribution >= 0.6 is 0 Å².